The molecule has 0 atom stereocenters. The second-order valence-electron chi connectivity index (χ2n) is 6.21. The van der Waals surface area contributed by atoms with Crippen LogP contribution in [-0.2, 0) is 17.6 Å². The standard InChI is InChI=1S/C18H26N4OS/c1-3-22(4-2)15(23)10-7-11-19-17-16-13-8-5-6-9-14(13)24-18(16)21-12-20-17/h12H,3-11H2,1-2H3,(H,19,20,21). The van der Waals surface area contributed by atoms with E-state index in [4.69, 9.17) is 0 Å². The zero-order valence-corrected chi connectivity index (χ0v) is 15.4. The molecule has 1 aliphatic rings. The maximum Gasteiger partial charge on any atom is 0.222 e. The second kappa shape index (κ2) is 7.92. The van der Waals surface area contributed by atoms with E-state index in [-0.39, 0.29) is 5.91 Å². The van der Waals surface area contributed by atoms with Crippen LogP contribution < -0.4 is 5.32 Å². The molecule has 0 radical (unpaired) electrons. The molecule has 1 aliphatic carbocycles. The molecular formula is C18H26N4OS. The highest BCUT2D eigenvalue weighted by molar-refractivity contribution is 7.19. The molecule has 2 aromatic rings. The van der Waals surface area contributed by atoms with Crippen molar-refractivity contribution in [1.29, 1.82) is 0 Å². The van der Waals surface area contributed by atoms with Crippen molar-refractivity contribution in [2.24, 2.45) is 0 Å². The first-order valence-corrected chi connectivity index (χ1v) is 9.83. The third kappa shape index (κ3) is 3.53. The summed E-state index contributed by atoms with van der Waals surface area (Å²) in [5.74, 6) is 1.18. The van der Waals surface area contributed by atoms with Gasteiger partial charge in [-0.2, -0.15) is 0 Å². The van der Waals surface area contributed by atoms with Crippen LogP contribution in [0.15, 0.2) is 6.33 Å². The zero-order valence-electron chi connectivity index (χ0n) is 14.6. The number of rotatable bonds is 7. The largest absolute Gasteiger partial charge is 0.369 e. The van der Waals surface area contributed by atoms with Crippen molar-refractivity contribution in [3.8, 4) is 0 Å². The summed E-state index contributed by atoms with van der Waals surface area (Å²) in [7, 11) is 0. The van der Waals surface area contributed by atoms with Gasteiger partial charge >= 0.3 is 0 Å². The van der Waals surface area contributed by atoms with Gasteiger partial charge in [0.2, 0.25) is 5.91 Å². The SMILES string of the molecule is CCN(CC)C(=O)CCCNc1ncnc2sc3c(c12)CCCC3. The van der Waals surface area contributed by atoms with E-state index in [0.717, 1.165) is 43.1 Å². The first-order chi connectivity index (χ1) is 11.7. The number of hydrogen-bond acceptors (Lipinski definition) is 5. The predicted molar refractivity (Wildman–Crippen MR) is 99.7 cm³/mol. The van der Waals surface area contributed by atoms with E-state index < -0.39 is 0 Å². The lowest BCUT2D eigenvalue weighted by Gasteiger charge is -2.18. The summed E-state index contributed by atoms with van der Waals surface area (Å²) in [5.41, 5.74) is 1.45. The Kier molecular flexibility index (Phi) is 5.66. The Morgan fingerprint density at radius 3 is 2.83 bits per heavy atom. The van der Waals surface area contributed by atoms with E-state index in [9.17, 15) is 4.79 Å². The van der Waals surface area contributed by atoms with Gasteiger partial charge in [0.1, 0.15) is 17.0 Å². The topological polar surface area (TPSA) is 58.1 Å². The molecule has 0 spiro atoms. The van der Waals surface area contributed by atoms with Crippen molar-refractivity contribution in [3.05, 3.63) is 16.8 Å². The van der Waals surface area contributed by atoms with Crippen molar-refractivity contribution in [2.75, 3.05) is 25.0 Å². The van der Waals surface area contributed by atoms with Gasteiger partial charge in [-0.15, -0.1) is 11.3 Å². The average Bonchev–Trinajstić information content (AvgIpc) is 2.99. The number of aryl methyl sites for hydroxylation is 2. The lowest BCUT2D eigenvalue weighted by molar-refractivity contribution is -0.130. The number of carbonyl (C=O) groups is 1. The number of thiophene rings is 1. The fourth-order valence-electron chi connectivity index (χ4n) is 3.41. The minimum Gasteiger partial charge on any atom is -0.369 e. The molecule has 2 aromatic heterocycles. The van der Waals surface area contributed by atoms with Crippen molar-refractivity contribution in [1.82, 2.24) is 14.9 Å². The van der Waals surface area contributed by atoms with Crippen LogP contribution in [0.2, 0.25) is 0 Å². The highest BCUT2D eigenvalue weighted by Crippen LogP contribution is 2.38. The van der Waals surface area contributed by atoms with Gasteiger partial charge < -0.3 is 10.2 Å². The molecule has 0 bridgehead atoms. The van der Waals surface area contributed by atoms with Crippen LogP contribution >= 0.6 is 11.3 Å². The molecule has 5 nitrogen and oxygen atoms in total. The third-order valence-electron chi connectivity index (χ3n) is 4.73. The molecule has 130 valence electrons. The Bertz CT molecular complexity index is 708. The van der Waals surface area contributed by atoms with Crippen LogP contribution in [0, 0.1) is 0 Å². The molecule has 0 fully saturated rings. The lowest BCUT2D eigenvalue weighted by atomic mass is 9.97. The number of nitrogens with one attached hydrogen (secondary N) is 1. The summed E-state index contributed by atoms with van der Waals surface area (Å²) in [6.07, 6.45) is 7.91. The van der Waals surface area contributed by atoms with E-state index in [1.54, 1.807) is 6.33 Å². The second-order valence-corrected chi connectivity index (χ2v) is 7.29. The Balaban J connectivity index is 1.64. The molecule has 1 amide bonds. The number of hydrogen-bond donors (Lipinski definition) is 1. The number of fused-ring (bicyclic) bond motifs is 3. The van der Waals surface area contributed by atoms with Gasteiger partial charge in [-0.1, -0.05) is 0 Å². The molecular weight excluding hydrogens is 320 g/mol. The monoisotopic (exact) mass is 346 g/mol. The van der Waals surface area contributed by atoms with E-state index in [0.29, 0.717) is 6.42 Å². The summed E-state index contributed by atoms with van der Waals surface area (Å²) in [4.78, 5) is 25.4. The van der Waals surface area contributed by atoms with E-state index in [1.807, 2.05) is 30.1 Å². The van der Waals surface area contributed by atoms with Gasteiger partial charge in [0.05, 0.1) is 5.39 Å². The maximum absolute atomic E-state index is 12.1. The Labute approximate surface area is 147 Å². The minimum absolute atomic E-state index is 0.238. The lowest BCUT2D eigenvalue weighted by Crippen LogP contribution is -2.30. The summed E-state index contributed by atoms with van der Waals surface area (Å²) >= 11 is 1.82. The van der Waals surface area contributed by atoms with Crippen molar-refractivity contribution >= 4 is 33.3 Å². The highest BCUT2D eigenvalue weighted by Gasteiger charge is 2.19. The van der Waals surface area contributed by atoms with Crippen molar-refractivity contribution in [3.63, 3.8) is 0 Å². The van der Waals surface area contributed by atoms with Crippen LogP contribution in [0.1, 0.15) is 50.0 Å². The Morgan fingerprint density at radius 1 is 1.25 bits per heavy atom. The maximum atomic E-state index is 12.1. The smallest absolute Gasteiger partial charge is 0.222 e. The first kappa shape index (κ1) is 17.1. The van der Waals surface area contributed by atoms with Crippen LogP contribution in [0.3, 0.4) is 0 Å². The van der Waals surface area contributed by atoms with E-state index in [1.165, 1.54) is 35.1 Å². The summed E-state index contributed by atoms with van der Waals surface area (Å²) in [5, 5.41) is 4.65. The molecule has 0 unspecified atom stereocenters. The van der Waals surface area contributed by atoms with Gasteiger partial charge in [0.15, 0.2) is 0 Å². The van der Waals surface area contributed by atoms with E-state index >= 15 is 0 Å². The molecule has 0 saturated heterocycles. The van der Waals surface area contributed by atoms with Crippen LogP contribution in [0.5, 0.6) is 0 Å². The molecule has 0 aromatic carbocycles. The molecule has 6 heteroatoms. The molecule has 0 aliphatic heterocycles. The van der Waals surface area contributed by atoms with E-state index in [2.05, 4.69) is 15.3 Å². The number of nitrogens with zero attached hydrogens (tertiary/aromatic N) is 3. The quantitative estimate of drug-likeness (QED) is 0.778. The number of amides is 1. The van der Waals surface area contributed by atoms with Gasteiger partial charge in [-0.3, -0.25) is 4.79 Å². The molecule has 1 N–H and O–H groups in total. The predicted octanol–water partition coefficient (Wildman–Crippen LogP) is 3.63. The van der Waals surface area contributed by atoms with Gasteiger partial charge in [0.25, 0.3) is 0 Å². The molecule has 0 saturated carbocycles. The minimum atomic E-state index is 0.238. The number of anilines is 1. The fraction of sp³-hybridized carbons (Fsp3) is 0.611. The van der Waals surface area contributed by atoms with Gasteiger partial charge in [-0.05, 0) is 51.5 Å². The van der Waals surface area contributed by atoms with Crippen LogP contribution in [-0.4, -0.2) is 40.4 Å². The van der Waals surface area contributed by atoms with Crippen molar-refractivity contribution < 1.29 is 4.79 Å². The Morgan fingerprint density at radius 2 is 2.04 bits per heavy atom. The van der Waals surface area contributed by atoms with Gasteiger partial charge in [0, 0.05) is 30.9 Å². The number of carbonyl (C=O) groups excluding carboxylic acids is 1. The average molecular weight is 347 g/mol. The summed E-state index contributed by atoms with van der Waals surface area (Å²) < 4.78 is 0. The molecule has 3 rings (SSSR count). The van der Waals surface area contributed by atoms with Gasteiger partial charge in [-0.25, -0.2) is 9.97 Å². The molecule has 2 heterocycles. The van der Waals surface area contributed by atoms with Crippen molar-refractivity contribution in [2.45, 2.75) is 52.4 Å². The van der Waals surface area contributed by atoms with Crippen LogP contribution in [0.25, 0.3) is 10.2 Å². The summed E-state index contributed by atoms with van der Waals surface area (Å²) in [6.45, 7) is 6.39. The Hall–Kier alpha value is -1.69. The zero-order chi connectivity index (χ0) is 16.9. The molecule has 24 heavy (non-hydrogen) atoms. The normalized spacial score (nSPS) is 13.8. The first-order valence-electron chi connectivity index (χ1n) is 9.01. The number of aromatic nitrogens is 2. The fourth-order valence-corrected chi connectivity index (χ4v) is 4.63. The third-order valence-corrected chi connectivity index (χ3v) is 5.93. The van der Waals surface area contributed by atoms with Crippen LogP contribution in [0.4, 0.5) is 5.82 Å². The highest BCUT2D eigenvalue weighted by atomic mass is 32.1. The summed E-state index contributed by atoms with van der Waals surface area (Å²) in [6, 6.07) is 0.